The molecule has 4 heteroatoms. The van der Waals surface area contributed by atoms with E-state index in [2.05, 4.69) is 6.58 Å². The van der Waals surface area contributed by atoms with Crippen LogP contribution in [0.2, 0.25) is 0 Å². The number of hydrogen-bond acceptors (Lipinski definition) is 4. The van der Waals surface area contributed by atoms with E-state index in [9.17, 15) is 4.79 Å². The first-order valence-corrected chi connectivity index (χ1v) is 13.4. The van der Waals surface area contributed by atoms with E-state index in [4.69, 9.17) is 14.2 Å². The van der Waals surface area contributed by atoms with Crippen LogP contribution in [0.3, 0.4) is 0 Å². The largest absolute Gasteiger partial charge is 0.490 e. The predicted molar refractivity (Wildman–Crippen MR) is 166 cm³/mol. The van der Waals surface area contributed by atoms with Gasteiger partial charge < -0.3 is 14.2 Å². The van der Waals surface area contributed by atoms with Gasteiger partial charge in [-0.2, -0.15) is 0 Å². The molecule has 0 unspecified atom stereocenters. The summed E-state index contributed by atoms with van der Waals surface area (Å²) < 4.78 is 17.6. The number of ether oxygens (including phenoxy) is 3. The lowest BCUT2D eigenvalue weighted by molar-refractivity contribution is 0.104. The van der Waals surface area contributed by atoms with Crippen molar-refractivity contribution < 1.29 is 19.0 Å². The molecule has 0 bridgehead atoms. The average Bonchev–Trinajstić information content (AvgIpc) is 3.04. The highest BCUT2D eigenvalue weighted by atomic mass is 16.5. The third-order valence-corrected chi connectivity index (χ3v) is 6.38. The molecular weight excluding hydrogens is 508 g/mol. The molecule has 0 atom stereocenters. The minimum absolute atomic E-state index is 0.0228. The van der Waals surface area contributed by atoms with Crippen molar-refractivity contribution >= 4 is 17.9 Å². The molecule has 0 fully saturated rings. The maximum atomic E-state index is 12.2. The lowest BCUT2D eigenvalue weighted by atomic mass is 10.1. The fourth-order valence-electron chi connectivity index (χ4n) is 4.13. The van der Waals surface area contributed by atoms with Crippen LogP contribution in [0.5, 0.6) is 23.0 Å². The van der Waals surface area contributed by atoms with Crippen molar-refractivity contribution in [2.24, 2.45) is 0 Å². The molecule has 0 amide bonds. The van der Waals surface area contributed by atoms with E-state index >= 15 is 0 Å². The van der Waals surface area contributed by atoms with Crippen molar-refractivity contribution in [3.8, 4) is 34.1 Å². The van der Waals surface area contributed by atoms with E-state index in [1.54, 1.807) is 24.3 Å². The number of carbonyl (C=O) groups is 1. The van der Waals surface area contributed by atoms with Crippen LogP contribution in [-0.4, -0.2) is 19.0 Å². The Morgan fingerprint density at radius 1 is 0.561 bits per heavy atom. The minimum Gasteiger partial charge on any atom is -0.490 e. The highest BCUT2D eigenvalue weighted by Crippen LogP contribution is 2.27. The number of rotatable bonds is 12. The standard InChI is InChI=1S/C37H30O4/c1-2-28-8-19-35(20-9-28)41-36-23-15-31(16-24-36)30-13-21-34(22-14-30)40-27-26-39-33-17-10-29(11-18-33)12-25-37(38)32-6-4-3-5-7-32/h2-25H,1,26-27H2/b25-12+. The molecule has 5 aromatic rings. The lowest BCUT2D eigenvalue weighted by Gasteiger charge is -2.10. The molecule has 0 N–H and O–H groups in total. The monoisotopic (exact) mass is 538 g/mol. The van der Waals surface area contributed by atoms with Gasteiger partial charge in [0.15, 0.2) is 5.78 Å². The molecule has 0 saturated carbocycles. The maximum Gasteiger partial charge on any atom is 0.185 e. The van der Waals surface area contributed by atoms with Crippen molar-refractivity contribution in [1.82, 2.24) is 0 Å². The summed E-state index contributed by atoms with van der Waals surface area (Å²) in [4.78, 5) is 12.2. The first-order valence-electron chi connectivity index (χ1n) is 13.4. The molecule has 0 aliphatic heterocycles. The zero-order valence-electron chi connectivity index (χ0n) is 22.6. The molecular formula is C37H30O4. The Kier molecular flexibility index (Phi) is 9.05. The Labute approximate surface area is 240 Å². The second-order valence-corrected chi connectivity index (χ2v) is 9.25. The van der Waals surface area contributed by atoms with Gasteiger partial charge in [-0.25, -0.2) is 0 Å². The van der Waals surface area contributed by atoms with E-state index in [0.717, 1.165) is 45.3 Å². The van der Waals surface area contributed by atoms with E-state index in [0.29, 0.717) is 18.8 Å². The lowest BCUT2D eigenvalue weighted by Crippen LogP contribution is -2.08. The van der Waals surface area contributed by atoms with Crippen molar-refractivity contribution in [2.45, 2.75) is 0 Å². The van der Waals surface area contributed by atoms with Crippen molar-refractivity contribution in [3.05, 3.63) is 157 Å². The molecule has 5 rings (SSSR count). The summed E-state index contributed by atoms with van der Waals surface area (Å²) in [5.41, 5.74) is 4.84. The Hall–Kier alpha value is -5.35. The van der Waals surface area contributed by atoms with Gasteiger partial charge in [-0.15, -0.1) is 0 Å². The summed E-state index contributed by atoms with van der Waals surface area (Å²) in [6, 6.07) is 40.6. The van der Waals surface area contributed by atoms with Crippen LogP contribution in [-0.2, 0) is 0 Å². The van der Waals surface area contributed by atoms with Gasteiger partial charge in [0.05, 0.1) is 0 Å². The molecule has 41 heavy (non-hydrogen) atoms. The van der Waals surface area contributed by atoms with Gasteiger partial charge in [-0.3, -0.25) is 4.79 Å². The van der Waals surface area contributed by atoms with Crippen LogP contribution in [0.1, 0.15) is 21.5 Å². The molecule has 0 aliphatic carbocycles. The highest BCUT2D eigenvalue weighted by molar-refractivity contribution is 6.06. The van der Waals surface area contributed by atoms with Crippen LogP contribution in [0, 0.1) is 0 Å². The van der Waals surface area contributed by atoms with Crippen molar-refractivity contribution in [2.75, 3.05) is 13.2 Å². The summed E-state index contributed by atoms with van der Waals surface area (Å²) in [5, 5.41) is 0. The van der Waals surface area contributed by atoms with E-state index < -0.39 is 0 Å². The zero-order valence-corrected chi connectivity index (χ0v) is 22.6. The Morgan fingerprint density at radius 3 is 1.56 bits per heavy atom. The SMILES string of the molecule is C=Cc1ccc(Oc2ccc(-c3ccc(OCCOc4ccc(/C=C/C(=O)c5ccccc5)cc4)cc3)cc2)cc1. The Balaban J connectivity index is 1.05. The summed E-state index contributed by atoms with van der Waals surface area (Å²) in [6.45, 7) is 4.61. The molecule has 0 radical (unpaired) electrons. The van der Waals surface area contributed by atoms with Gasteiger partial charge in [0, 0.05) is 5.56 Å². The van der Waals surface area contributed by atoms with Gasteiger partial charge >= 0.3 is 0 Å². The zero-order chi connectivity index (χ0) is 28.3. The molecule has 202 valence electrons. The summed E-state index contributed by atoms with van der Waals surface area (Å²) in [7, 11) is 0. The van der Waals surface area contributed by atoms with Crippen molar-refractivity contribution in [3.63, 3.8) is 0 Å². The van der Waals surface area contributed by atoms with E-state index in [1.807, 2.05) is 121 Å². The number of hydrogen-bond donors (Lipinski definition) is 0. The average molecular weight is 539 g/mol. The second-order valence-electron chi connectivity index (χ2n) is 9.25. The van der Waals surface area contributed by atoms with Gasteiger partial charge in [-0.05, 0) is 76.9 Å². The normalized spacial score (nSPS) is 10.7. The molecule has 0 saturated heterocycles. The van der Waals surface area contributed by atoms with Crippen LogP contribution < -0.4 is 14.2 Å². The van der Waals surface area contributed by atoms with E-state index in [-0.39, 0.29) is 5.78 Å². The first-order chi connectivity index (χ1) is 20.2. The molecule has 0 heterocycles. The van der Waals surface area contributed by atoms with Gasteiger partial charge in [-0.1, -0.05) is 97.6 Å². The molecule has 5 aromatic carbocycles. The fourth-order valence-corrected chi connectivity index (χ4v) is 4.13. The van der Waals surface area contributed by atoms with Crippen molar-refractivity contribution in [1.29, 1.82) is 0 Å². The topological polar surface area (TPSA) is 44.8 Å². The van der Waals surface area contributed by atoms with Gasteiger partial charge in [0.2, 0.25) is 0 Å². The molecule has 0 spiro atoms. The quantitative estimate of drug-likeness (QED) is 0.0902. The summed E-state index contributed by atoms with van der Waals surface area (Å²) in [6.07, 6.45) is 5.19. The van der Waals surface area contributed by atoms with Crippen LogP contribution >= 0.6 is 0 Å². The Morgan fingerprint density at radius 2 is 1.02 bits per heavy atom. The number of benzene rings is 5. The predicted octanol–water partition coefficient (Wildman–Crippen LogP) is 9.14. The number of carbonyl (C=O) groups excluding carboxylic acids is 1. The fraction of sp³-hybridized carbons (Fsp3) is 0.0541. The summed E-state index contributed by atoms with van der Waals surface area (Å²) in [5.74, 6) is 3.07. The first kappa shape index (κ1) is 27.2. The van der Waals surface area contributed by atoms with Gasteiger partial charge in [0.1, 0.15) is 36.2 Å². The van der Waals surface area contributed by atoms with Crippen LogP contribution in [0.15, 0.2) is 140 Å². The Bertz CT molecular complexity index is 1580. The smallest absolute Gasteiger partial charge is 0.185 e. The van der Waals surface area contributed by atoms with Gasteiger partial charge in [0.25, 0.3) is 0 Å². The maximum absolute atomic E-state index is 12.2. The number of ketones is 1. The molecule has 0 aliphatic rings. The third kappa shape index (κ3) is 7.84. The van der Waals surface area contributed by atoms with Crippen LogP contribution in [0.4, 0.5) is 0 Å². The minimum atomic E-state index is -0.0228. The highest BCUT2D eigenvalue weighted by Gasteiger charge is 2.03. The molecule has 4 nitrogen and oxygen atoms in total. The second kappa shape index (κ2) is 13.6. The molecule has 0 aromatic heterocycles. The van der Waals surface area contributed by atoms with Crippen LogP contribution in [0.25, 0.3) is 23.3 Å². The van der Waals surface area contributed by atoms with E-state index in [1.165, 1.54) is 0 Å². The summed E-state index contributed by atoms with van der Waals surface area (Å²) >= 11 is 0. The third-order valence-electron chi connectivity index (χ3n) is 6.38. The number of allylic oxidation sites excluding steroid dienone is 1.